The van der Waals surface area contributed by atoms with Crippen molar-refractivity contribution >= 4 is 17.8 Å². The number of hydrogen-bond acceptors (Lipinski definition) is 5. The minimum Gasteiger partial charge on any atom is -0.480 e. The number of ether oxygens (including phenoxy) is 1. The van der Waals surface area contributed by atoms with Crippen LogP contribution < -0.4 is 11.1 Å². The minimum absolute atomic E-state index is 0.181. The summed E-state index contributed by atoms with van der Waals surface area (Å²) >= 11 is 0. The van der Waals surface area contributed by atoms with Crippen LogP contribution in [0.1, 0.15) is 168 Å². The number of carbonyl (C=O) groups is 3. The third-order valence-corrected chi connectivity index (χ3v) is 8.68. The molecule has 0 aromatic rings. The highest BCUT2D eigenvalue weighted by Gasteiger charge is 2.19. The van der Waals surface area contributed by atoms with Crippen molar-refractivity contribution in [2.24, 2.45) is 5.73 Å². The molecular formula is C46H76N2O5. The summed E-state index contributed by atoms with van der Waals surface area (Å²) in [6.07, 6.45) is 52.0. The van der Waals surface area contributed by atoms with Gasteiger partial charge >= 0.3 is 11.9 Å². The Morgan fingerprint density at radius 1 is 0.585 bits per heavy atom. The average molecular weight is 737 g/mol. The number of nitrogens with two attached hydrogens (primary N) is 1. The Morgan fingerprint density at radius 3 is 1.66 bits per heavy atom. The first-order valence-corrected chi connectivity index (χ1v) is 20.9. The fraction of sp³-hybridized carbons (Fsp3) is 0.630. The molecule has 7 nitrogen and oxygen atoms in total. The van der Waals surface area contributed by atoms with E-state index in [4.69, 9.17) is 10.5 Å². The summed E-state index contributed by atoms with van der Waals surface area (Å²) in [5.74, 6) is -1.51. The largest absolute Gasteiger partial charge is 0.480 e. The Kier molecular flexibility index (Phi) is 37.2. The van der Waals surface area contributed by atoms with Crippen LogP contribution in [0.15, 0.2) is 85.1 Å². The number of esters is 1. The molecule has 0 heterocycles. The maximum absolute atomic E-state index is 12.7. The fourth-order valence-electron chi connectivity index (χ4n) is 5.54. The lowest BCUT2D eigenvalue weighted by molar-refractivity contribution is -0.147. The van der Waals surface area contributed by atoms with Crippen LogP contribution in [0.2, 0.25) is 0 Å². The number of carbonyl (C=O) groups excluding carboxylic acids is 2. The van der Waals surface area contributed by atoms with Crippen molar-refractivity contribution in [3.05, 3.63) is 85.1 Å². The molecule has 0 aliphatic carbocycles. The van der Waals surface area contributed by atoms with Crippen LogP contribution in [0.25, 0.3) is 0 Å². The van der Waals surface area contributed by atoms with Crippen LogP contribution in [0.4, 0.5) is 0 Å². The molecule has 0 saturated carbocycles. The van der Waals surface area contributed by atoms with Crippen LogP contribution in [0.5, 0.6) is 0 Å². The van der Waals surface area contributed by atoms with Gasteiger partial charge in [0.25, 0.3) is 0 Å². The second-order valence-electron chi connectivity index (χ2n) is 13.7. The van der Waals surface area contributed by atoms with Gasteiger partial charge in [0, 0.05) is 12.8 Å². The van der Waals surface area contributed by atoms with Crippen LogP contribution >= 0.6 is 0 Å². The first-order valence-electron chi connectivity index (χ1n) is 20.9. The van der Waals surface area contributed by atoms with Gasteiger partial charge < -0.3 is 20.9 Å². The average Bonchev–Trinajstić information content (AvgIpc) is 3.14. The quantitative estimate of drug-likeness (QED) is 0.0335. The van der Waals surface area contributed by atoms with Gasteiger partial charge in [0.15, 0.2) is 0 Å². The molecule has 2 atom stereocenters. The second kappa shape index (κ2) is 39.8. The Bertz CT molecular complexity index is 1100. The summed E-state index contributed by atoms with van der Waals surface area (Å²) in [6, 6.07) is -0.917. The molecule has 0 aromatic heterocycles. The van der Waals surface area contributed by atoms with E-state index in [0.717, 1.165) is 64.2 Å². The van der Waals surface area contributed by atoms with Gasteiger partial charge in [-0.1, -0.05) is 131 Å². The zero-order valence-corrected chi connectivity index (χ0v) is 33.6. The number of aliphatic carboxylic acids is 1. The van der Waals surface area contributed by atoms with Crippen molar-refractivity contribution < 1.29 is 24.2 Å². The molecule has 2 unspecified atom stereocenters. The molecule has 0 fully saturated rings. The number of unbranched alkanes of at least 4 members (excludes halogenated alkanes) is 10. The van der Waals surface area contributed by atoms with Crippen LogP contribution in [-0.2, 0) is 19.1 Å². The molecule has 0 spiro atoms. The van der Waals surface area contributed by atoms with Crippen molar-refractivity contribution in [2.45, 2.75) is 180 Å². The Hall–Kier alpha value is -3.45. The summed E-state index contributed by atoms with van der Waals surface area (Å²) in [4.78, 5) is 36.5. The summed E-state index contributed by atoms with van der Waals surface area (Å²) < 4.78 is 5.86. The highest BCUT2D eigenvalue weighted by Crippen LogP contribution is 2.14. The van der Waals surface area contributed by atoms with Gasteiger partial charge in [-0.2, -0.15) is 0 Å². The zero-order chi connectivity index (χ0) is 38.9. The lowest BCUT2D eigenvalue weighted by Crippen LogP contribution is -2.40. The smallest absolute Gasteiger partial charge is 0.326 e. The van der Waals surface area contributed by atoms with E-state index >= 15 is 0 Å². The molecule has 7 heteroatoms. The van der Waals surface area contributed by atoms with E-state index in [1.54, 1.807) is 0 Å². The molecule has 0 aliphatic rings. The van der Waals surface area contributed by atoms with Crippen LogP contribution in [-0.4, -0.2) is 41.6 Å². The Labute approximate surface area is 324 Å². The molecule has 300 valence electrons. The van der Waals surface area contributed by atoms with Crippen molar-refractivity contribution in [3.63, 3.8) is 0 Å². The summed E-state index contributed by atoms with van der Waals surface area (Å²) in [7, 11) is 0. The van der Waals surface area contributed by atoms with E-state index in [1.165, 1.54) is 44.9 Å². The molecule has 0 bridgehead atoms. The molecule has 0 rings (SSSR count). The molecule has 0 aliphatic heterocycles. The number of carboxylic acids is 1. The number of allylic oxidation sites excluding steroid dienone is 13. The lowest BCUT2D eigenvalue weighted by Gasteiger charge is -2.16. The maximum Gasteiger partial charge on any atom is 0.326 e. The topological polar surface area (TPSA) is 119 Å². The highest BCUT2D eigenvalue weighted by molar-refractivity contribution is 5.83. The van der Waals surface area contributed by atoms with E-state index in [-0.39, 0.29) is 24.4 Å². The van der Waals surface area contributed by atoms with Gasteiger partial charge in [-0.15, -0.1) is 0 Å². The van der Waals surface area contributed by atoms with E-state index in [2.05, 4.69) is 92.1 Å². The van der Waals surface area contributed by atoms with Crippen molar-refractivity contribution in [1.82, 2.24) is 5.32 Å². The number of amides is 1. The zero-order valence-electron chi connectivity index (χ0n) is 33.6. The molecule has 53 heavy (non-hydrogen) atoms. The van der Waals surface area contributed by atoms with E-state index in [0.29, 0.717) is 45.1 Å². The summed E-state index contributed by atoms with van der Waals surface area (Å²) in [5, 5.41) is 12.0. The third kappa shape index (κ3) is 36.7. The first kappa shape index (κ1) is 49.6. The predicted octanol–water partition coefficient (Wildman–Crippen LogP) is 11.7. The van der Waals surface area contributed by atoms with Gasteiger partial charge in [-0.05, 0) is 115 Å². The molecule has 0 aromatic carbocycles. The van der Waals surface area contributed by atoms with E-state index < -0.39 is 12.0 Å². The predicted molar refractivity (Wildman–Crippen MR) is 225 cm³/mol. The number of rotatable bonds is 36. The molecule has 0 saturated heterocycles. The van der Waals surface area contributed by atoms with Crippen molar-refractivity contribution in [1.29, 1.82) is 0 Å². The van der Waals surface area contributed by atoms with Gasteiger partial charge in [0.1, 0.15) is 12.1 Å². The standard InChI is InChI=1S/C46H76N2O5/c1-3-5-7-9-11-13-15-17-19-20-22-24-26-28-30-32-40-45(50)53-42(37-33-34-39-44(49)48-43(46(51)52)38-35-41-47)36-31-29-27-25-23-21-18-16-14-12-10-8-6-4-2/h6,8,12-15,18-21,25,27,31,36,42-43H,3-5,7,9-11,16-17,22-24,26,28-30,32-35,37-41,47H2,1-2H3,(H,48,49)(H,51,52)/b8-6-,14-12-,15-13-,20-19-,21-18-,27-25-,36-31-. The number of nitrogens with one attached hydrogen (secondary N) is 1. The SMILES string of the molecule is CC/C=C\C/C=C\C/C=C\C/C=C\C/C=C\C(CCCCC(=O)NC(CCCN)C(=O)O)OC(=O)CCCCCCC/C=C\C/C=C\CCCCCC. The summed E-state index contributed by atoms with van der Waals surface area (Å²) in [5.41, 5.74) is 5.49. The first-order chi connectivity index (χ1) is 25.9. The summed E-state index contributed by atoms with van der Waals surface area (Å²) in [6.45, 7) is 4.76. The van der Waals surface area contributed by atoms with Crippen molar-refractivity contribution in [2.75, 3.05) is 6.54 Å². The number of carboxylic acid groups (broad SMARTS) is 1. The molecule has 0 radical (unpaired) electrons. The monoisotopic (exact) mass is 737 g/mol. The minimum atomic E-state index is -1.04. The highest BCUT2D eigenvalue weighted by atomic mass is 16.5. The van der Waals surface area contributed by atoms with Gasteiger partial charge in [-0.25, -0.2) is 4.79 Å². The fourth-order valence-corrected chi connectivity index (χ4v) is 5.54. The molecule has 4 N–H and O–H groups in total. The third-order valence-electron chi connectivity index (χ3n) is 8.68. The van der Waals surface area contributed by atoms with E-state index in [9.17, 15) is 19.5 Å². The van der Waals surface area contributed by atoms with Crippen LogP contribution in [0, 0.1) is 0 Å². The van der Waals surface area contributed by atoms with E-state index in [1.807, 2.05) is 12.2 Å². The van der Waals surface area contributed by atoms with Gasteiger partial charge in [-0.3, -0.25) is 9.59 Å². The molecule has 1 amide bonds. The maximum atomic E-state index is 12.7. The van der Waals surface area contributed by atoms with Crippen LogP contribution in [0.3, 0.4) is 0 Å². The molecular weight excluding hydrogens is 661 g/mol. The van der Waals surface area contributed by atoms with Crippen molar-refractivity contribution in [3.8, 4) is 0 Å². The lowest BCUT2D eigenvalue weighted by atomic mass is 10.1. The Balaban J connectivity index is 4.59. The second-order valence-corrected chi connectivity index (χ2v) is 13.7. The van der Waals surface area contributed by atoms with Gasteiger partial charge in [0.2, 0.25) is 5.91 Å². The van der Waals surface area contributed by atoms with Gasteiger partial charge in [0.05, 0.1) is 0 Å². The number of hydrogen-bond donors (Lipinski definition) is 3. The Morgan fingerprint density at radius 2 is 1.09 bits per heavy atom. The normalized spacial score (nSPS) is 13.6.